The molecule has 2 heterocycles. The molecule has 0 radical (unpaired) electrons. The molecule has 2 bridgehead atoms. The van der Waals surface area contributed by atoms with Crippen molar-refractivity contribution in [3.63, 3.8) is 0 Å². The zero-order valence-electron chi connectivity index (χ0n) is 21.5. The van der Waals surface area contributed by atoms with E-state index in [1.807, 2.05) is 12.1 Å². The Balaban J connectivity index is 1.32. The van der Waals surface area contributed by atoms with Gasteiger partial charge in [-0.1, -0.05) is 24.6 Å². The van der Waals surface area contributed by atoms with Crippen molar-refractivity contribution in [3.8, 4) is 5.75 Å². The molecular weight excluding hydrogens is 505 g/mol. The highest BCUT2D eigenvalue weighted by Gasteiger charge is 2.42. The minimum atomic E-state index is -4.23. The number of carbonyl (C=O) groups is 1. The van der Waals surface area contributed by atoms with Crippen LogP contribution in [0.25, 0.3) is 10.8 Å². The fourth-order valence-electron chi connectivity index (χ4n) is 6.80. The van der Waals surface area contributed by atoms with Crippen molar-refractivity contribution >= 4 is 16.7 Å². The lowest BCUT2D eigenvalue weighted by atomic mass is 9.78. The summed E-state index contributed by atoms with van der Waals surface area (Å²) in [5, 5.41) is 1.08. The highest BCUT2D eigenvalue weighted by Crippen LogP contribution is 2.42. The molecule has 2 aromatic carbocycles. The number of methoxy groups -OCH3 is 1. The Kier molecular flexibility index (Phi) is 7.85. The predicted octanol–water partition coefficient (Wildman–Crippen LogP) is 7.58. The van der Waals surface area contributed by atoms with Gasteiger partial charge < -0.3 is 9.47 Å². The summed E-state index contributed by atoms with van der Waals surface area (Å²) in [5.41, 5.74) is 0.813. The van der Waals surface area contributed by atoms with E-state index in [0.717, 1.165) is 37.7 Å². The quantitative estimate of drug-likeness (QED) is 0.280. The first-order valence-corrected chi connectivity index (χ1v) is 13.5. The van der Waals surface area contributed by atoms with Crippen molar-refractivity contribution in [2.24, 2.45) is 11.8 Å². The van der Waals surface area contributed by atoms with Crippen LogP contribution in [-0.2, 0) is 16.1 Å². The number of benzene rings is 2. The molecule has 4 nitrogen and oxygen atoms in total. The number of halogens is 5. The minimum absolute atomic E-state index is 0.0476. The van der Waals surface area contributed by atoms with Crippen molar-refractivity contribution in [2.45, 2.75) is 95.1 Å². The van der Waals surface area contributed by atoms with Crippen LogP contribution >= 0.6 is 0 Å². The van der Waals surface area contributed by atoms with Crippen molar-refractivity contribution in [1.82, 2.24) is 4.90 Å². The topological polar surface area (TPSA) is 38.8 Å². The number of fused-ring (bicyclic) bond motifs is 3. The Morgan fingerprint density at radius 3 is 2.29 bits per heavy atom. The van der Waals surface area contributed by atoms with Gasteiger partial charge in [0.05, 0.1) is 30.6 Å². The highest BCUT2D eigenvalue weighted by atomic mass is 19.4. The second-order valence-electron chi connectivity index (χ2n) is 11.1. The third-order valence-corrected chi connectivity index (χ3v) is 8.76. The third-order valence-electron chi connectivity index (χ3n) is 8.76. The molecule has 9 heteroatoms. The van der Waals surface area contributed by atoms with Gasteiger partial charge in [0.1, 0.15) is 5.75 Å². The number of rotatable bonds is 6. The van der Waals surface area contributed by atoms with Crippen LogP contribution in [0.2, 0.25) is 0 Å². The molecule has 0 N–H and O–H groups in total. The number of piperidine rings is 2. The monoisotopic (exact) mass is 539 g/mol. The smallest absolute Gasteiger partial charge is 0.391 e. The van der Waals surface area contributed by atoms with Gasteiger partial charge in [-0.15, -0.1) is 0 Å². The molecule has 0 amide bonds. The van der Waals surface area contributed by atoms with E-state index < -0.39 is 24.6 Å². The first kappa shape index (κ1) is 27.2. The number of alkyl halides is 5. The molecule has 3 fully saturated rings. The van der Waals surface area contributed by atoms with Gasteiger partial charge in [0.2, 0.25) is 0 Å². The van der Waals surface area contributed by atoms with Crippen molar-refractivity contribution in [1.29, 1.82) is 0 Å². The lowest BCUT2D eigenvalue weighted by molar-refractivity contribution is -0.185. The number of hydrogen-bond acceptors (Lipinski definition) is 4. The molecule has 0 spiro atoms. The first-order valence-electron chi connectivity index (χ1n) is 13.5. The fourth-order valence-corrected chi connectivity index (χ4v) is 6.80. The van der Waals surface area contributed by atoms with E-state index in [1.165, 1.54) is 13.2 Å². The number of esters is 1. The standard InChI is InChI=1S/C29H34F5NO3/c1-37-28(36)19-14-21-3-2-4-22(15-19)35(21)16-17-5-11-24-18(13-17)6-12-25(26(24)27(30)31)38-23-9-7-20(8-10-23)29(32,33)34/h5-6,11-13,19-23,27H,2-4,7-10,14-16H2,1H3. The maximum absolute atomic E-state index is 14.2. The van der Waals surface area contributed by atoms with Crippen molar-refractivity contribution < 1.29 is 36.2 Å². The normalized spacial score (nSPS) is 28.4. The number of ether oxygens (including phenoxy) is 2. The summed E-state index contributed by atoms with van der Waals surface area (Å²) in [6.45, 7) is 0.684. The molecule has 2 atom stereocenters. The van der Waals surface area contributed by atoms with E-state index >= 15 is 0 Å². The largest absolute Gasteiger partial charge is 0.490 e. The molecular formula is C29H34F5NO3. The van der Waals surface area contributed by atoms with Crippen LogP contribution in [0.1, 0.15) is 75.3 Å². The van der Waals surface area contributed by atoms with Crippen LogP contribution in [0, 0.1) is 11.8 Å². The maximum Gasteiger partial charge on any atom is 0.391 e. The molecule has 2 aliphatic heterocycles. The Bertz CT molecular complexity index is 1130. The molecule has 38 heavy (non-hydrogen) atoms. The molecule has 1 aliphatic carbocycles. The zero-order valence-corrected chi connectivity index (χ0v) is 21.5. The molecule has 2 saturated heterocycles. The highest BCUT2D eigenvalue weighted by molar-refractivity contribution is 5.88. The zero-order chi connectivity index (χ0) is 27.0. The van der Waals surface area contributed by atoms with Crippen LogP contribution in [0.15, 0.2) is 30.3 Å². The van der Waals surface area contributed by atoms with Crippen molar-refractivity contribution in [2.75, 3.05) is 7.11 Å². The Morgan fingerprint density at radius 1 is 1.00 bits per heavy atom. The van der Waals surface area contributed by atoms with E-state index in [1.54, 1.807) is 12.1 Å². The number of nitrogens with zero attached hydrogens (tertiary/aromatic N) is 1. The molecule has 5 rings (SSSR count). The maximum atomic E-state index is 14.2. The summed E-state index contributed by atoms with van der Waals surface area (Å²) in [5.74, 6) is -1.51. The molecule has 1 saturated carbocycles. The number of carbonyl (C=O) groups excluding carboxylic acids is 1. The van der Waals surface area contributed by atoms with Gasteiger partial charge in [0.25, 0.3) is 6.43 Å². The minimum Gasteiger partial charge on any atom is -0.490 e. The van der Waals surface area contributed by atoms with Crippen LogP contribution in [0.3, 0.4) is 0 Å². The SMILES string of the molecule is COC(=O)C1CC2CCCC(C1)N2Cc1ccc2c(C(F)F)c(OC3CCC(C(F)(F)F)CC3)ccc2c1. The summed E-state index contributed by atoms with van der Waals surface area (Å²) >= 11 is 0. The average Bonchev–Trinajstić information content (AvgIpc) is 2.87. The van der Waals surface area contributed by atoms with E-state index in [-0.39, 0.29) is 48.9 Å². The van der Waals surface area contributed by atoms with Gasteiger partial charge in [-0.2, -0.15) is 13.2 Å². The third kappa shape index (κ3) is 5.63. The van der Waals surface area contributed by atoms with Crippen LogP contribution in [0.4, 0.5) is 22.0 Å². The average molecular weight is 540 g/mol. The lowest BCUT2D eigenvalue weighted by Crippen LogP contribution is -2.52. The van der Waals surface area contributed by atoms with E-state index in [4.69, 9.17) is 9.47 Å². The van der Waals surface area contributed by atoms with Gasteiger partial charge in [0, 0.05) is 18.6 Å². The van der Waals surface area contributed by atoms with Crippen LogP contribution in [0.5, 0.6) is 5.75 Å². The van der Waals surface area contributed by atoms with Crippen molar-refractivity contribution in [3.05, 3.63) is 41.5 Å². The van der Waals surface area contributed by atoms with Gasteiger partial charge in [-0.05, 0) is 79.8 Å². The summed E-state index contributed by atoms with van der Waals surface area (Å²) in [6.07, 6.45) is -2.48. The predicted molar refractivity (Wildman–Crippen MR) is 133 cm³/mol. The fraction of sp³-hybridized carbons (Fsp3) is 0.621. The summed E-state index contributed by atoms with van der Waals surface area (Å²) in [7, 11) is 1.43. The Labute approximate surface area is 219 Å². The molecule has 0 aromatic heterocycles. The molecule has 2 aromatic rings. The summed E-state index contributed by atoms with van der Waals surface area (Å²) in [4.78, 5) is 14.6. The Morgan fingerprint density at radius 2 is 1.68 bits per heavy atom. The number of hydrogen-bond donors (Lipinski definition) is 0. The summed E-state index contributed by atoms with van der Waals surface area (Å²) < 4.78 is 78.3. The second kappa shape index (κ2) is 11.0. The van der Waals surface area contributed by atoms with Gasteiger partial charge >= 0.3 is 12.1 Å². The van der Waals surface area contributed by atoms with Crippen LogP contribution in [-0.4, -0.2) is 42.3 Å². The molecule has 2 unspecified atom stereocenters. The second-order valence-corrected chi connectivity index (χ2v) is 11.1. The van der Waals surface area contributed by atoms with E-state index in [2.05, 4.69) is 4.90 Å². The van der Waals surface area contributed by atoms with Gasteiger partial charge in [-0.3, -0.25) is 9.69 Å². The van der Waals surface area contributed by atoms with E-state index in [9.17, 15) is 26.7 Å². The molecule has 208 valence electrons. The van der Waals surface area contributed by atoms with Gasteiger partial charge in [0.15, 0.2) is 0 Å². The Hall–Kier alpha value is -2.42. The van der Waals surface area contributed by atoms with Gasteiger partial charge in [-0.25, -0.2) is 8.78 Å². The lowest BCUT2D eigenvalue weighted by Gasteiger charge is -2.48. The molecule has 3 aliphatic rings. The first-order chi connectivity index (χ1) is 18.1. The summed E-state index contributed by atoms with van der Waals surface area (Å²) in [6, 6.07) is 9.38. The van der Waals surface area contributed by atoms with Crippen LogP contribution < -0.4 is 4.74 Å². The van der Waals surface area contributed by atoms with E-state index in [0.29, 0.717) is 29.4 Å².